The van der Waals surface area contributed by atoms with E-state index in [1.54, 1.807) is 24.7 Å². The number of aromatic nitrogens is 2. The minimum Gasteiger partial charge on any atom is -0.294 e. The zero-order valence-corrected chi connectivity index (χ0v) is 13.3. The highest BCUT2D eigenvalue weighted by atomic mass is 79.9. The summed E-state index contributed by atoms with van der Waals surface area (Å²) < 4.78 is 16.3. The predicted molar refractivity (Wildman–Crippen MR) is 79.5 cm³/mol. The zero-order chi connectivity index (χ0) is 14.9. The second-order valence-electron chi connectivity index (χ2n) is 4.77. The zero-order valence-electron chi connectivity index (χ0n) is 11.7. The van der Waals surface area contributed by atoms with Gasteiger partial charge in [0.2, 0.25) is 0 Å². The lowest BCUT2D eigenvalue weighted by Crippen LogP contribution is -2.10. The van der Waals surface area contributed by atoms with E-state index in [0.29, 0.717) is 0 Å². The largest absolute Gasteiger partial charge is 0.294 e. The highest BCUT2D eigenvalue weighted by Gasteiger charge is 2.18. The Bertz CT molecular complexity index is 664. The maximum absolute atomic E-state index is 13.8. The molecule has 0 unspecified atom stereocenters. The molecule has 0 bridgehead atoms. The molecule has 0 N–H and O–H groups in total. The molecule has 0 amide bonds. The summed E-state index contributed by atoms with van der Waals surface area (Å²) in [7, 11) is 1.79. The van der Waals surface area contributed by atoms with Gasteiger partial charge in [-0.25, -0.2) is 4.39 Å². The van der Waals surface area contributed by atoms with Crippen LogP contribution in [-0.4, -0.2) is 15.6 Å². The van der Waals surface area contributed by atoms with Gasteiger partial charge in [0.25, 0.3) is 0 Å². The number of halogens is 2. The van der Waals surface area contributed by atoms with Gasteiger partial charge in [-0.15, -0.1) is 0 Å². The standard InChI is InChI=1S/C15H16BrFN2O/c1-4-12-15(16)13(19(3)18-12)8-14(20)10-6-5-9(2)7-11(10)17/h5-7H,4,8H2,1-3H3. The number of hydrogen-bond acceptors (Lipinski definition) is 2. The summed E-state index contributed by atoms with van der Waals surface area (Å²) in [6, 6.07) is 4.66. The van der Waals surface area contributed by atoms with E-state index in [1.165, 1.54) is 12.1 Å². The van der Waals surface area contributed by atoms with Gasteiger partial charge < -0.3 is 0 Å². The first-order valence-corrected chi connectivity index (χ1v) is 7.23. The summed E-state index contributed by atoms with van der Waals surface area (Å²) in [5.41, 5.74) is 2.60. The Morgan fingerprint density at radius 1 is 1.45 bits per heavy atom. The SMILES string of the molecule is CCc1nn(C)c(CC(=O)c2ccc(C)cc2F)c1Br. The van der Waals surface area contributed by atoms with Crippen LogP contribution in [0.15, 0.2) is 22.7 Å². The third kappa shape index (κ3) is 2.82. The van der Waals surface area contributed by atoms with Crippen LogP contribution >= 0.6 is 15.9 Å². The van der Waals surface area contributed by atoms with Crippen LogP contribution in [0.1, 0.15) is 34.2 Å². The van der Waals surface area contributed by atoms with Gasteiger partial charge in [-0.3, -0.25) is 9.48 Å². The molecular weight excluding hydrogens is 323 g/mol. The molecule has 20 heavy (non-hydrogen) atoms. The molecule has 0 saturated carbocycles. The Labute approximate surface area is 125 Å². The molecule has 106 valence electrons. The first kappa shape index (κ1) is 14.9. The van der Waals surface area contributed by atoms with E-state index >= 15 is 0 Å². The lowest BCUT2D eigenvalue weighted by atomic mass is 10.0. The average Bonchev–Trinajstić information content (AvgIpc) is 2.66. The summed E-state index contributed by atoms with van der Waals surface area (Å²) in [4.78, 5) is 12.2. The fourth-order valence-corrected chi connectivity index (χ4v) is 2.86. The highest BCUT2D eigenvalue weighted by molar-refractivity contribution is 9.10. The molecule has 0 aliphatic heterocycles. The normalized spacial score (nSPS) is 10.8. The van der Waals surface area contributed by atoms with Crippen molar-refractivity contribution < 1.29 is 9.18 Å². The quantitative estimate of drug-likeness (QED) is 0.798. The van der Waals surface area contributed by atoms with Crippen molar-refractivity contribution in [1.29, 1.82) is 0 Å². The topological polar surface area (TPSA) is 34.9 Å². The van der Waals surface area contributed by atoms with Crippen LogP contribution in [0.3, 0.4) is 0 Å². The highest BCUT2D eigenvalue weighted by Crippen LogP contribution is 2.23. The maximum atomic E-state index is 13.8. The molecule has 0 radical (unpaired) electrons. The third-order valence-corrected chi connectivity index (χ3v) is 4.17. The molecule has 0 spiro atoms. The number of benzene rings is 1. The van der Waals surface area contributed by atoms with Crippen molar-refractivity contribution in [2.24, 2.45) is 7.05 Å². The molecule has 3 nitrogen and oxygen atoms in total. The Kier molecular flexibility index (Phi) is 4.38. The van der Waals surface area contributed by atoms with E-state index < -0.39 is 5.82 Å². The van der Waals surface area contributed by atoms with Crippen molar-refractivity contribution in [3.63, 3.8) is 0 Å². The van der Waals surface area contributed by atoms with Crippen LogP contribution in [0.2, 0.25) is 0 Å². The van der Waals surface area contributed by atoms with Crippen LogP contribution in [0, 0.1) is 12.7 Å². The lowest BCUT2D eigenvalue weighted by Gasteiger charge is -2.05. The van der Waals surface area contributed by atoms with Crippen molar-refractivity contribution >= 4 is 21.7 Å². The van der Waals surface area contributed by atoms with E-state index in [1.807, 2.05) is 6.92 Å². The molecule has 0 aliphatic rings. The predicted octanol–water partition coefficient (Wildman–Crippen LogP) is 3.62. The van der Waals surface area contributed by atoms with Crippen molar-refractivity contribution in [1.82, 2.24) is 9.78 Å². The number of ketones is 1. The van der Waals surface area contributed by atoms with Gasteiger partial charge in [-0.2, -0.15) is 5.10 Å². The first-order valence-electron chi connectivity index (χ1n) is 6.43. The maximum Gasteiger partial charge on any atom is 0.171 e. The van der Waals surface area contributed by atoms with E-state index in [-0.39, 0.29) is 17.8 Å². The third-order valence-electron chi connectivity index (χ3n) is 3.26. The Morgan fingerprint density at radius 3 is 2.70 bits per heavy atom. The summed E-state index contributed by atoms with van der Waals surface area (Å²) >= 11 is 3.46. The van der Waals surface area contributed by atoms with Crippen molar-refractivity contribution in [3.05, 3.63) is 51.0 Å². The molecule has 0 aliphatic carbocycles. The molecule has 1 heterocycles. The van der Waals surface area contributed by atoms with Gasteiger partial charge in [0.1, 0.15) is 5.82 Å². The van der Waals surface area contributed by atoms with Gasteiger partial charge in [0.15, 0.2) is 5.78 Å². The van der Waals surface area contributed by atoms with Gasteiger partial charge in [0, 0.05) is 7.05 Å². The molecular formula is C15H16BrFN2O. The van der Waals surface area contributed by atoms with Crippen LogP contribution in [-0.2, 0) is 19.9 Å². The first-order chi connectivity index (χ1) is 9.43. The summed E-state index contributed by atoms with van der Waals surface area (Å²) in [5.74, 6) is -0.710. The average molecular weight is 339 g/mol. The van der Waals surface area contributed by atoms with E-state index in [9.17, 15) is 9.18 Å². The summed E-state index contributed by atoms with van der Waals surface area (Å²) in [5, 5.41) is 4.34. The van der Waals surface area contributed by atoms with Gasteiger partial charge in [-0.05, 0) is 47.0 Å². The van der Waals surface area contributed by atoms with Crippen LogP contribution in [0.5, 0.6) is 0 Å². The minimum atomic E-state index is -0.469. The monoisotopic (exact) mass is 338 g/mol. The fourth-order valence-electron chi connectivity index (χ4n) is 2.11. The summed E-state index contributed by atoms with van der Waals surface area (Å²) in [6.07, 6.45) is 0.908. The molecule has 0 atom stereocenters. The number of Topliss-reactive ketones (excluding diaryl/α,β-unsaturated/α-hetero) is 1. The second kappa shape index (κ2) is 5.87. The van der Waals surface area contributed by atoms with Crippen molar-refractivity contribution in [2.75, 3.05) is 0 Å². The van der Waals surface area contributed by atoms with E-state index in [2.05, 4.69) is 21.0 Å². The minimum absolute atomic E-state index is 0.127. The van der Waals surface area contributed by atoms with Gasteiger partial charge >= 0.3 is 0 Å². The van der Waals surface area contributed by atoms with Crippen LogP contribution in [0.25, 0.3) is 0 Å². The molecule has 1 aromatic heterocycles. The number of rotatable bonds is 4. The molecule has 1 aromatic carbocycles. The number of nitrogens with zero attached hydrogens (tertiary/aromatic N) is 2. The Balaban J connectivity index is 2.30. The molecule has 5 heteroatoms. The molecule has 2 rings (SSSR count). The molecule has 2 aromatic rings. The number of carbonyl (C=O) groups is 1. The Hall–Kier alpha value is -1.49. The fraction of sp³-hybridized carbons (Fsp3) is 0.333. The van der Waals surface area contributed by atoms with E-state index in [4.69, 9.17) is 0 Å². The van der Waals surface area contributed by atoms with Crippen LogP contribution < -0.4 is 0 Å². The van der Waals surface area contributed by atoms with Crippen molar-refractivity contribution in [2.45, 2.75) is 26.7 Å². The van der Waals surface area contributed by atoms with Gasteiger partial charge in [-0.1, -0.05) is 13.0 Å². The molecule has 0 fully saturated rings. The molecule has 0 saturated heterocycles. The lowest BCUT2D eigenvalue weighted by molar-refractivity contribution is 0.0986. The second-order valence-corrected chi connectivity index (χ2v) is 5.56. The van der Waals surface area contributed by atoms with Crippen molar-refractivity contribution in [3.8, 4) is 0 Å². The number of hydrogen-bond donors (Lipinski definition) is 0. The van der Waals surface area contributed by atoms with Gasteiger partial charge in [0.05, 0.1) is 27.8 Å². The van der Waals surface area contributed by atoms with Crippen LogP contribution in [0.4, 0.5) is 4.39 Å². The smallest absolute Gasteiger partial charge is 0.171 e. The number of aryl methyl sites for hydroxylation is 3. The summed E-state index contributed by atoms with van der Waals surface area (Å²) in [6.45, 7) is 3.79. The number of carbonyl (C=O) groups excluding carboxylic acids is 1. The van der Waals surface area contributed by atoms with E-state index in [0.717, 1.165) is 27.8 Å². The Morgan fingerprint density at radius 2 is 2.15 bits per heavy atom.